The number of anilines is 2. The quantitative estimate of drug-likeness (QED) is 0.770. The number of hydrogen-bond donors (Lipinski definition) is 3. The van der Waals surface area contributed by atoms with Crippen LogP contribution in [0, 0.1) is 0 Å². The van der Waals surface area contributed by atoms with Crippen LogP contribution in [0.15, 0.2) is 6.20 Å². The Hall–Kier alpha value is -1.56. The predicted octanol–water partition coefficient (Wildman–Crippen LogP) is 1.89. The lowest BCUT2D eigenvalue weighted by Crippen LogP contribution is -2.41. The Bertz CT molecular complexity index is 444. The van der Waals surface area contributed by atoms with Crippen LogP contribution in [0.25, 0.3) is 0 Å². The maximum absolute atomic E-state index is 11.6. The van der Waals surface area contributed by atoms with Crippen molar-refractivity contribution in [3.05, 3.63) is 11.2 Å². The van der Waals surface area contributed by atoms with E-state index >= 15 is 0 Å². The third-order valence-corrected chi connectivity index (χ3v) is 2.40. The van der Waals surface area contributed by atoms with E-state index in [1.54, 1.807) is 7.05 Å². The van der Waals surface area contributed by atoms with Crippen molar-refractivity contribution in [1.82, 2.24) is 15.3 Å². The molecule has 0 saturated heterocycles. The Kier molecular flexibility index (Phi) is 5.35. The number of halogens is 1. The van der Waals surface area contributed by atoms with Crippen molar-refractivity contribution >= 4 is 29.3 Å². The number of aromatic nitrogens is 2. The number of rotatable bonds is 5. The van der Waals surface area contributed by atoms with Gasteiger partial charge < -0.3 is 16.0 Å². The summed E-state index contributed by atoms with van der Waals surface area (Å²) in [5.74, 6) is 0.981. The predicted molar refractivity (Wildman–Crippen MR) is 77.6 cm³/mol. The molecule has 0 aliphatic carbocycles. The van der Waals surface area contributed by atoms with Crippen LogP contribution in [-0.4, -0.2) is 35.0 Å². The molecule has 0 unspecified atom stereocenters. The van der Waals surface area contributed by atoms with Crippen LogP contribution < -0.4 is 16.0 Å². The third kappa shape index (κ3) is 5.74. The summed E-state index contributed by atoms with van der Waals surface area (Å²) >= 11 is 5.96. The summed E-state index contributed by atoms with van der Waals surface area (Å²) in [6.45, 7) is 6.29. The van der Waals surface area contributed by atoms with E-state index in [9.17, 15) is 4.79 Å². The Morgan fingerprint density at radius 1 is 1.42 bits per heavy atom. The first-order valence-corrected chi connectivity index (χ1v) is 6.45. The van der Waals surface area contributed by atoms with Crippen LogP contribution >= 0.6 is 11.6 Å². The molecule has 0 aromatic carbocycles. The summed E-state index contributed by atoms with van der Waals surface area (Å²) in [7, 11) is 1.73. The van der Waals surface area contributed by atoms with Gasteiger partial charge in [-0.05, 0) is 20.8 Å². The molecule has 3 N–H and O–H groups in total. The largest absolute Gasteiger partial charge is 0.368 e. The van der Waals surface area contributed by atoms with Crippen molar-refractivity contribution in [2.75, 3.05) is 24.2 Å². The molecule has 0 spiro atoms. The van der Waals surface area contributed by atoms with Crippen LogP contribution in [0.4, 0.5) is 11.8 Å². The molecule has 0 fully saturated rings. The van der Waals surface area contributed by atoms with Crippen LogP contribution in [0.5, 0.6) is 0 Å². The number of nitrogens with one attached hydrogen (secondary N) is 3. The van der Waals surface area contributed by atoms with E-state index < -0.39 is 0 Å². The van der Waals surface area contributed by atoms with E-state index in [2.05, 4.69) is 25.9 Å². The minimum Gasteiger partial charge on any atom is -0.368 e. The molecule has 0 bridgehead atoms. The number of hydrogen-bond acceptors (Lipinski definition) is 5. The molecule has 1 aromatic rings. The average molecular weight is 286 g/mol. The SMILES string of the molecule is CNc1ncc(Cl)c(NCCC(=O)NC(C)(C)C)n1. The van der Waals surface area contributed by atoms with E-state index in [1.807, 2.05) is 20.8 Å². The van der Waals surface area contributed by atoms with Gasteiger partial charge in [0.05, 0.1) is 6.20 Å². The van der Waals surface area contributed by atoms with Crippen LogP contribution in [-0.2, 0) is 4.79 Å². The second-order valence-electron chi connectivity index (χ2n) is 5.12. The molecule has 1 rings (SSSR count). The van der Waals surface area contributed by atoms with Gasteiger partial charge in [0.2, 0.25) is 11.9 Å². The molecular formula is C12H20ClN5O. The summed E-state index contributed by atoms with van der Waals surface area (Å²) in [5.41, 5.74) is -0.219. The number of amides is 1. The van der Waals surface area contributed by atoms with Crippen LogP contribution in [0.3, 0.4) is 0 Å². The van der Waals surface area contributed by atoms with Crippen molar-refractivity contribution < 1.29 is 4.79 Å². The maximum Gasteiger partial charge on any atom is 0.224 e. The first-order chi connectivity index (χ1) is 8.81. The van der Waals surface area contributed by atoms with E-state index in [1.165, 1.54) is 6.20 Å². The molecule has 6 nitrogen and oxygen atoms in total. The summed E-state index contributed by atoms with van der Waals surface area (Å²) in [6, 6.07) is 0. The van der Waals surface area contributed by atoms with Gasteiger partial charge >= 0.3 is 0 Å². The monoisotopic (exact) mass is 285 g/mol. The van der Waals surface area contributed by atoms with E-state index in [0.29, 0.717) is 29.8 Å². The van der Waals surface area contributed by atoms with Gasteiger partial charge in [0.1, 0.15) is 10.8 Å². The Balaban J connectivity index is 2.47. The van der Waals surface area contributed by atoms with Crippen molar-refractivity contribution in [3.63, 3.8) is 0 Å². The molecule has 0 radical (unpaired) electrons. The number of carbonyl (C=O) groups excluding carboxylic acids is 1. The zero-order valence-electron chi connectivity index (χ0n) is 11.7. The van der Waals surface area contributed by atoms with E-state index in [-0.39, 0.29) is 11.4 Å². The Labute approximate surface area is 118 Å². The van der Waals surface area contributed by atoms with Gasteiger partial charge in [-0.3, -0.25) is 4.79 Å². The van der Waals surface area contributed by atoms with Gasteiger partial charge in [0, 0.05) is 25.6 Å². The molecule has 1 aromatic heterocycles. The van der Waals surface area contributed by atoms with Crippen LogP contribution in [0.1, 0.15) is 27.2 Å². The molecule has 7 heteroatoms. The highest BCUT2D eigenvalue weighted by Gasteiger charge is 2.13. The van der Waals surface area contributed by atoms with E-state index in [4.69, 9.17) is 11.6 Å². The lowest BCUT2D eigenvalue weighted by Gasteiger charge is -2.20. The number of nitrogens with zero attached hydrogens (tertiary/aromatic N) is 2. The molecule has 1 amide bonds. The zero-order chi connectivity index (χ0) is 14.5. The standard InChI is InChI=1S/C12H20ClN5O/c1-12(2,3)18-9(19)5-6-15-10-8(13)7-16-11(14-4)17-10/h7H,5-6H2,1-4H3,(H,18,19)(H2,14,15,16,17). The first kappa shape index (κ1) is 15.5. The Morgan fingerprint density at radius 3 is 2.68 bits per heavy atom. The summed E-state index contributed by atoms with van der Waals surface area (Å²) in [5, 5.41) is 9.16. The normalized spacial score (nSPS) is 11.0. The average Bonchev–Trinajstić information content (AvgIpc) is 2.29. The first-order valence-electron chi connectivity index (χ1n) is 6.07. The second-order valence-corrected chi connectivity index (χ2v) is 5.52. The molecular weight excluding hydrogens is 266 g/mol. The molecule has 0 aliphatic rings. The molecule has 106 valence electrons. The lowest BCUT2D eigenvalue weighted by molar-refractivity contribution is -0.122. The van der Waals surface area contributed by atoms with Crippen molar-refractivity contribution in [3.8, 4) is 0 Å². The third-order valence-electron chi connectivity index (χ3n) is 2.13. The second kappa shape index (κ2) is 6.56. The van der Waals surface area contributed by atoms with E-state index in [0.717, 1.165) is 0 Å². The number of carbonyl (C=O) groups is 1. The fourth-order valence-corrected chi connectivity index (χ4v) is 1.54. The zero-order valence-corrected chi connectivity index (χ0v) is 12.4. The van der Waals surface area contributed by atoms with Gasteiger partial charge in [0.25, 0.3) is 0 Å². The van der Waals surface area contributed by atoms with Gasteiger partial charge in [0.15, 0.2) is 0 Å². The minimum absolute atomic E-state index is 0.0148. The minimum atomic E-state index is -0.219. The summed E-state index contributed by atoms with van der Waals surface area (Å²) in [4.78, 5) is 19.8. The van der Waals surface area contributed by atoms with Crippen molar-refractivity contribution in [2.45, 2.75) is 32.7 Å². The highest BCUT2D eigenvalue weighted by atomic mass is 35.5. The molecule has 1 heterocycles. The fourth-order valence-electron chi connectivity index (χ4n) is 1.39. The molecule has 0 saturated carbocycles. The molecule has 0 aliphatic heterocycles. The van der Waals surface area contributed by atoms with Crippen LogP contribution in [0.2, 0.25) is 5.02 Å². The Morgan fingerprint density at radius 2 is 2.11 bits per heavy atom. The lowest BCUT2D eigenvalue weighted by atomic mass is 10.1. The van der Waals surface area contributed by atoms with Gasteiger partial charge in [-0.15, -0.1) is 0 Å². The van der Waals surface area contributed by atoms with Gasteiger partial charge in [-0.1, -0.05) is 11.6 Å². The maximum atomic E-state index is 11.6. The smallest absolute Gasteiger partial charge is 0.224 e. The van der Waals surface area contributed by atoms with Crippen molar-refractivity contribution in [1.29, 1.82) is 0 Å². The highest BCUT2D eigenvalue weighted by molar-refractivity contribution is 6.32. The molecule has 19 heavy (non-hydrogen) atoms. The van der Waals surface area contributed by atoms with Crippen molar-refractivity contribution in [2.24, 2.45) is 0 Å². The van der Waals surface area contributed by atoms with Gasteiger partial charge in [-0.2, -0.15) is 4.98 Å². The topological polar surface area (TPSA) is 78.9 Å². The fraction of sp³-hybridized carbons (Fsp3) is 0.583. The summed E-state index contributed by atoms with van der Waals surface area (Å²) in [6.07, 6.45) is 1.87. The highest BCUT2D eigenvalue weighted by Crippen LogP contribution is 2.18. The molecule has 0 atom stereocenters. The summed E-state index contributed by atoms with van der Waals surface area (Å²) < 4.78 is 0. The van der Waals surface area contributed by atoms with Gasteiger partial charge in [-0.25, -0.2) is 4.98 Å².